The zero-order chi connectivity index (χ0) is 21.5. The number of hydrogen-bond acceptors (Lipinski definition) is 6. The number of aromatic nitrogens is 3. The number of benzene rings is 1. The first-order valence-electron chi connectivity index (χ1n) is 9.40. The van der Waals surface area contributed by atoms with Crippen LogP contribution in [-0.2, 0) is 0 Å². The van der Waals surface area contributed by atoms with E-state index in [1.807, 2.05) is 32.0 Å². The van der Waals surface area contributed by atoms with Crippen LogP contribution in [0.5, 0.6) is 0 Å². The minimum atomic E-state index is -0.416. The third-order valence-corrected chi connectivity index (χ3v) is 4.08. The zero-order valence-corrected chi connectivity index (χ0v) is 16.7. The molecular formula is C21H23N7O2. The van der Waals surface area contributed by atoms with Gasteiger partial charge in [-0.15, -0.1) is 0 Å². The smallest absolute Gasteiger partial charge is 0.270 e. The van der Waals surface area contributed by atoms with Crippen molar-refractivity contribution < 1.29 is 9.59 Å². The van der Waals surface area contributed by atoms with Crippen molar-refractivity contribution in [1.29, 1.82) is 0 Å². The van der Waals surface area contributed by atoms with Gasteiger partial charge in [0.1, 0.15) is 11.4 Å². The molecule has 0 bridgehead atoms. The third-order valence-electron chi connectivity index (χ3n) is 4.08. The van der Waals surface area contributed by atoms with Gasteiger partial charge < -0.3 is 21.4 Å². The summed E-state index contributed by atoms with van der Waals surface area (Å²) in [6.07, 6.45) is 4.57. The van der Waals surface area contributed by atoms with Crippen LogP contribution in [0.4, 0.5) is 5.69 Å². The summed E-state index contributed by atoms with van der Waals surface area (Å²) in [7, 11) is 0. The highest BCUT2D eigenvalue weighted by Gasteiger charge is 2.13. The number of aromatic amines is 1. The zero-order valence-electron chi connectivity index (χ0n) is 16.7. The molecule has 0 aliphatic rings. The van der Waals surface area contributed by atoms with Gasteiger partial charge >= 0.3 is 0 Å². The SMILES string of the molecule is CC(C)NC(=O)c1cccc(C(=O)NCC(C=Nc2ccc3nc[nH]c3c2)=CN)n1. The van der Waals surface area contributed by atoms with Gasteiger partial charge in [-0.25, -0.2) is 9.97 Å². The van der Waals surface area contributed by atoms with E-state index in [4.69, 9.17) is 5.73 Å². The average molecular weight is 405 g/mol. The fraction of sp³-hybridized carbons (Fsp3) is 0.190. The van der Waals surface area contributed by atoms with Crippen molar-refractivity contribution in [3.05, 3.63) is 65.9 Å². The molecule has 0 aliphatic heterocycles. The van der Waals surface area contributed by atoms with Gasteiger partial charge in [0, 0.05) is 30.6 Å². The quantitative estimate of drug-likeness (QED) is 0.446. The summed E-state index contributed by atoms with van der Waals surface area (Å²) in [5.74, 6) is -0.746. The predicted octanol–water partition coefficient (Wildman–Crippen LogP) is 2.07. The van der Waals surface area contributed by atoms with Crippen LogP contribution in [0.25, 0.3) is 11.0 Å². The van der Waals surface area contributed by atoms with Crippen LogP contribution in [0.1, 0.15) is 34.8 Å². The van der Waals surface area contributed by atoms with Crippen LogP contribution in [-0.4, -0.2) is 45.6 Å². The number of nitrogens with two attached hydrogens (primary N) is 1. The normalized spacial score (nSPS) is 11.9. The molecule has 0 atom stereocenters. The highest BCUT2D eigenvalue weighted by molar-refractivity contribution is 5.96. The van der Waals surface area contributed by atoms with Crippen molar-refractivity contribution in [3.8, 4) is 0 Å². The molecule has 0 radical (unpaired) electrons. The Balaban J connectivity index is 1.62. The lowest BCUT2D eigenvalue weighted by Gasteiger charge is -2.09. The number of amides is 2. The number of carbonyl (C=O) groups excluding carboxylic acids is 2. The van der Waals surface area contributed by atoms with E-state index >= 15 is 0 Å². The van der Waals surface area contributed by atoms with Crippen molar-refractivity contribution >= 4 is 34.7 Å². The van der Waals surface area contributed by atoms with Gasteiger partial charge in [0.05, 0.1) is 23.0 Å². The first kappa shape index (κ1) is 20.7. The summed E-state index contributed by atoms with van der Waals surface area (Å²) in [6, 6.07) is 10.3. The van der Waals surface area contributed by atoms with Gasteiger partial charge in [0.2, 0.25) is 0 Å². The van der Waals surface area contributed by atoms with Crippen LogP contribution >= 0.6 is 0 Å². The molecule has 9 heteroatoms. The number of imidazole rings is 1. The molecule has 3 rings (SSSR count). The molecule has 0 saturated carbocycles. The fourth-order valence-corrected chi connectivity index (χ4v) is 2.61. The van der Waals surface area contributed by atoms with Crippen LogP contribution in [0, 0.1) is 0 Å². The minimum absolute atomic E-state index is 0.0256. The Labute approximate surface area is 173 Å². The van der Waals surface area contributed by atoms with E-state index in [0.717, 1.165) is 16.7 Å². The Morgan fingerprint density at radius 2 is 1.97 bits per heavy atom. The van der Waals surface area contributed by atoms with Gasteiger partial charge in [-0.1, -0.05) is 6.07 Å². The van der Waals surface area contributed by atoms with Crippen molar-refractivity contribution in [2.45, 2.75) is 19.9 Å². The molecule has 154 valence electrons. The van der Waals surface area contributed by atoms with Gasteiger partial charge in [0.25, 0.3) is 11.8 Å². The Bertz CT molecular complexity index is 1120. The number of nitrogens with zero attached hydrogens (tertiary/aromatic N) is 3. The average Bonchev–Trinajstić information content (AvgIpc) is 3.21. The minimum Gasteiger partial charge on any atom is -0.404 e. The standard InChI is InChI=1S/C21H23N7O2/c1-13(2)27-21(30)18-5-3-4-17(28-18)20(29)24-11-14(9-22)10-23-15-6-7-16-19(8-15)26-12-25-16/h3-10,12-13H,11,22H2,1-2H3,(H,24,29)(H,25,26)(H,27,30). The summed E-state index contributed by atoms with van der Waals surface area (Å²) < 4.78 is 0. The molecule has 3 aromatic rings. The van der Waals surface area contributed by atoms with E-state index in [-0.39, 0.29) is 29.9 Å². The molecule has 0 fully saturated rings. The first-order valence-corrected chi connectivity index (χ1v) is 9.40. The highest BCUT2D eigenvalue weighted by atomic mass is 16.2. The van der Waals surface area contributed by atoms with E-state index in [1.165, 1.54) is 6.20 Å². The molecule has 2 aromatic heterocycles. The maximum Gasteiger partial charge on any atom is 0.270 e. The molecule has 5 N–H and O–H groups in total. The molecule has 1 aromatic carbocycles. The summed E-state index contributed by atoms with van der Waals surface area (Å²) in [5, 5.41) is 5.47. The van der Waals surface area contributed by atoms with Crippen LogP contribution < -0.4 is 16.4 Å². The summed E-state index contributed by atoms with van der Waals surface area (Å²) >= 11 is 0. The van der Waals surface area contributed by atoms with Gasteiger partial charge in [-0.2, -0.15) is 0 Å². The molecule has 30 heavy (non-hydrogen) atoms. The maximum absolute atomic E-state index is 12.4. The van der Waals surface area contributed by atoms with E-state index < -0.39 is 5.91 Å². The second-order valence-electron chi connectivity index (χ2n) is 6.82. The Morgan fingerprint density at radius 1 is 1.20 bits per heavy atom. The number of nitrogens with one attached hydrogen (secondary N) is 3. The highest BCUT2D eigenvalue weighted by Crippen LogP contribution is 2.18. The van der Waals surface area contributed by atoms with Crippen LogP contribution in [0.3, 0.4) is 0 Å². The molecule has 2 amide bonds. The lowest BCUT2D eigenvalue weighted by atomic mass is 10.2. The fourth-order valence-electron chi connectivity index (χ4n) is 2.61. The molecule has 0 spiro atoms. The number of carbonyl (C=O) groups is 2. The predicted molar refractivity (Wildman–Crippen MR) is 116 cm³/mol. The van der Waals surface area contributed by atoms with Crippen LogP contribution in [0.2, 0.25) is 0 Å². The second-order valence-corrected chi connectivity index (χ2v) is 6.82. The Kier molecular flexibility index (Phi) is 6.53. The number of fused-ring (bicyclic) bond motifs is 1. The number of hydrogen-bond donors (Lipinski definition) is 4. The third kappa shape index (κ3) is 5.28. The lowest BCUT2D eigenvalue weighted by molar-refractivity contribution is 0.0937. The van der Waals surface area contributed by atoms with Gasteiger partial charge in [-0.05, 0) is 44.2 Å². The van der Waals surface area contributed by atoms with Crippen molar-refractivity contribution in [3.63, 3.8) is 0 Å². The van der Waals surface area contributed by atoms with E-state index in [2.05, 4.69) is 30.6 Å². The largest absolute Gasteiger partial charge is 0.404 e. The van der Waals surface area contributed by atoms with Crippen molar-refractivity contribution in [2.75, 3.05) is 6.54 Å². The Hall–Kier alpha value is -4.01. The number of pyridine rings is 1. The van der Waals surface area contributed by atoms with Crippen molar-refractivity contribution in [1.82, 2.24) is 25.6 Å². The van der Waals surface area contributed by atoms with E-state index in [9.17, 15) is 9.59 Å². The number of aliphatic imine (C=N–C) groups is 1. The summed E-state index contributed by atoms with van der Waals surface area (Å²) in [5.41, 5.74) is 9.05. The number of rotatable bonds is 7. The topological polar surface area (TPSA) is 138 Å². The van der Waals surface area contributed by atoms with Gasteiger partial charge in [0.15, 0.2) is 0 Å². The van der Waals surface area contributed by atoms with E-state index in [0.29, 0.717) is 5.57 Å². The molecular weight excluding hydrogens is 382 g/mol. The molecule has 0 saturated heterocycles. The molecule has 0 aliphatic carbocycles. The maximum atomic E-state index is 12.4. The van der Waals surface area contributed by atoms with Crippen LogP contribution in [0.15, 0.2) is 59.5 Å². The molecule has 9 nitrogen and oxygen atoms in total. The van der Waals surface area contributed by atoms with Gasteiger partial charge in [-0.3, -0.25) is 14.6 Å². The Morgan fingerprint density at radius 3 is 2.70 bits per heavy atom. The summed E-state index contributed by atoms with van der Waals surface area (Å²) in [4.78, 5) is 40.2. The monoisotopic (exact) mass is 405 g/mol. The summed E-state index contributed by atoms with van der Waals surface area (Å²) in [6.45, 7) is 3.86. The van der Waals surface area contributed by atoms with Crippen molar-refractivity contribution in [2.24, 2.45) is 10.7 Å². The second kappa shape index (κ2) is 9.46. The lowest BCUT2D eigenvalue weighted by Crippen LogP contribution is -2.32. The number of H-pyrrole nitrogens is 1. The molecule has 2 heterocycles. The first-order chi connectivity index (χ1) is 14.5. The molecule has 0 unspecified atom stereocenters. The van der Waals surface area contributed by atoms with E-state index in [1.54, 1.807) is 30.7 Å².